The summed E-state index contributed by atoms with van der Waals surface area (Å²) in [6.45, 7) is 11.4. The number of fused-ring (bicyclic) bond motifs is 2. The number of aryl methyl sites for hydroxylation is 1. The molecule has 540 valence electrons. The van der Waals surface area contributed by atoms with E-state index in [9.17, 15) is 58.2 Å². The molecule has 3 aromatic carbocycles. The Morgan fingerprint density at radius 2 is 1.53 bits per heavy atom. The molecule has 12 rings (SSSR count). The molecule has 4 fully saturated rings. The molecule has 4 saturated carbocycles. The zero-order valence-corrected chi connectivity index (χ0v) is 59.0. The molecule has 4 aliphatic carbocycles. The Bertz CT molecular complexity index is 4180. The van der Waals surface area contributed by atoms with Crippen molar-refractivity contribution in [3.8, 4) is 22.4 Å². The summed E-state index contributed by atoms with van der Waals surface area (Å²) in [5.41, 5.74) is 10.6. The van der Waals surface area contributed by atoms with Crippen LogP contribution in [0.15, 0.2) is 97.2 Å². The number of benzene rings is 3. The Balaban J connectivity index is 0.696. The fraction of sp³-hybridized carbons (Fsp3) is 0.473. The van der Waals surface area contributed by atoms with Crippen molar-refractivity contribution in [2.24, 2.45) is 27.9 Å². The number of carbonyl (C=O) groups is 10. The number of nitrogens with zero attached hydrogens (tertiary/aromatic N) is 7. The number of pyridine rings is 1. The minimum absolute atomic E-state index is 0.0567. The van der Waals surface area contributed by atoms with E-state index >= 15 is 0 Å². The fourth-order valence-corrected chi connectivity index (χ4v) is 17.5. The summed E-state index contributed by atoms with van der Waals surface area (Å²) in [6.07, 6.45) is 11.8. The fourth-order valence-electron chi connectivity index (χ4n) is 16.6. The number of nitrogens with one attached hydrogen (secondary N) is 5. The number of hydrogen-bond acceptors (Lipinski definition) is 16. The topological polar surface area (TPSA) is 369 Å². The van der Waals surface area contributed by atoms with Gasteiger partial charge in [-0.15, -0.1) is 0 Å². The molecule has 0 spiro atoms. The second kappa shape index (κ2) is 31.0. The molecule has 102 heavy (non-hydrogen) atoms. The molecular formula is C74H89N13O14S. The molecule has 6 aliphatic rings. The number of para-hydroxylation sites is 1. The predicted octanol–water partition coefficient (Wildman–Crippen LogP) is 9.96. The maximum absolute atomic E-state index is 13.9. The van der Waals surface area contributed by atoms with Gasteiger partial charge in [0.05, 0.1) is 40.7 Å². The molecule has 4 bridgehead atoms. The molecule has 0 radical (unpaired) electrons. The van der Waals surface area contributed by atoms with E-state index in [0.717, 1.165) is 83.4 Å². The number of anilines is 3. The molecule has 10 amide bonds. The van der Waals surface area contributed by atoms with Gasteiger partial charge in [-0.3, -0.25) is 48.6 Å². The van der Waals surface area contributed by atoms with Gasteiger partial charge in [0.25, 0.3) is 11.8 Å². The van der Waals surface area contributed by atoms with Crippen LogP contribution < -0.4 is 37.2 Å². The lowest BCUT2D eigenvalue weighted by atomic mass is 9.39. The van der Waals surface area contributed by atoms with Gasteiger partial charge in [-0.1, -0.05) is 81.9 Å². The van der Waals surface area contributed by atoms with Crippen molar-refractivity contribution in [2.75, 3.05) is 54.9 Å². The average molecular weight is 1420 g/mol. The van der Waals surface area contributed by atoms with E-state index in [2.05, 4.69) is 45.4 Å². The SMILES string of the molecule is Cc1c(-c2ccc(-c3ccc4c(c3)N(C(=O)Nc3nc5ccccc5s3)CCC4)nc2C(=O)O)cnn1CC12CC3(C)CC(OCCN(CCC(=O)O)C(=O)OCc4ccc(NC(=O)[C@H](CCCNC(N)=O)NC(=O)[C@@H](NC(=O)CCCCCN5C(=O)C=CC5=O)C(C)C)cc4)(C1)C[C@](C)(C3)C2. The molecule has 28 heteroatoms. The number of carboxylic acids is 2. The number of aromatic carboxylic acids is 1. The molecular weight excluding hydrogens is 1330 g/mol. The molecule has 3 aromatic heterocycles. The molecule has 2 aliphatic heterocycles. The van der Waals surface area contributed by atoms with Gasteiger partial charge in [-0.25, -0.2) is 29.1 Å². The molecule has 6 atom stereocenters. The number of thiazole rings is 1. The van der Waals surface area contributed by atoms with Gasteiger partial charge in [-0.2, -0.15) is 5.10 Å². The molecule has 5 heterocycles. The lowest BCUT2D eigenvalue weighted by Gasteiger charge is -2.69. The van der Waals surface area contributed by atoms with E-state index in [4.69, 9.17) is 25.3 Å². The summed E-state index contributed by atoms with van der Waals surface area (Å²) < 4.78 is 15.7. The number of ether oxygens (including phenoxy) is 2. The number of aliphatic carboxylic acids is 1. The van der Waals surface area contributed by atoms with Gasteiger partial charge < -0.3 is 51.6 Å². The highest BCUT2D eigenvalue weighted by Crippen LogP contribution is 2.72. The number of urea groups is 2. The summed E-state index contributed by atoms with van der Waals surface area (Å²) in [5.74, 6) is -4.96. The summed E-state index contributed by atoms with van der Waals surface area (Å²) in [5, 5.41) is 39.7. The van der Waals surface area contributed by atoms with Crippen LogP contribution in [0.5, 0.6) is 0 Å². The highest BCUT2D eigenvalue weighted by Gasteiger charge is 2.66. The van der Waals surface area contributed by atoms with Crippen LogP contribution in [0.3, 0.4) is 0 Å². The Hall–Kier alpha value is -10.1. The third kappa shape index (κ3) is 17.4. The van der Waals surface area contributed by atoms with Crippen LogP contribution in [0, 0.1) is 29.1 Å². The van der Waals surface area contributed by atoms with Gasteiger partial charge in [0.15, 0.2) is 10.8 Å². The largest absolute Gasteiger partial charge is 0.481 e. The number of hydrogen-bond donors (Lipinski definition) is 8. The minimum atomic E-state index is -1.19. The van der Waals surface area contributed by atoms with Crippen LogP contribution in [0.25, 0.3) is 32.6 Å². The average Bonchev–Trinajstić information content (AvgIpc) is 0.849. The summed E-state index contributed by atoms with van der Waals surface area (Å²) in [6, 6.07) is 20.4. The second-order valence-corrected chi connectivity index (χ2v) is 30.1. The maximum Gasteiger partial charge on any atom is 0.410 e. The Morgan fingerprint density at radius 1 is 0.784 bits per heavy atom. The number of rotatable bonds is 31. The van der Waals surface area contributed by atoms with Crippen LogP contribution in [0.2, 0.25) is 0 Å². The van der Waals surface area contributed by atoms with Crippen molar-refractivity contribution in [3.05, 3.63) is 120 Å². The maximum atomic E-state index is 13.9. The summed E-state index contributed by atoms with van der Waals surface area (Å²) in [4.78, 5) is 142. The Morgan fingerprint density at radius 3 is 2.24 bits per heavy atom. The van der Waals surface area contributed by atoms with Crippen LogP contribution in [-0.2, 0) is 57.8 Å². The van der Waals surface area contributed by atoms with E-state index in [1.165, 1.54) is 28.4 Å². The highest BCUT2D eigenvalue weighted by atomic mass is 32.1. The van der Waals surface area contributed by atoms with Crippen LogP contribution in [-0.4, -0.2) is 156 Å². The van der Waals surface area contributed by atoms with E-state index in [1.54, 1.807) is 55.3 Å². The van der Waals surface area contributed by atoms with E-state index in [1.807, 2.05) is 60.1 Å². The molecule has 3 unspecified atom stereocenters. The van der Waals surface area contributed by atoms with Gasteiger partial charge in [0.1, 0.15) is 18.7 Å². The van der Waals surface area contributed by atoms with Crippen molar-refractivity contribution in [3.63, 3.8) is 0 Å². The van der Waals surface area contributed by atoms with Crippen molar-refractivity contribution in [2.45, 2.75) is 162 Å². The van der Waals surface area contributed by atoms with Crippen LogP contribution in [0.1, 0.15) is 145 Å². The third-order valence-electron chi connectivity index (χ3n) is 20.1. The number of nitrogens with two attached hydrogens (primary N) is 1. The first-order chi connectivity index (χ1) is 48.7. The van der Waals surface area contributed by atoms with Crippen molar-refractivity contribution in [1.82, 2.24) is 45.5 Å². The Labute approximate surface area is 594 Å². The standard InChI is InChI=1S/C74H89N13O14S/c1-45(2)62(82-58(88)17-7-6-10-30-86-59(89)26-27-60(86)90)65(94)80-55(15-11-29-76-67(75)97)64(93)78-50-22-18-47(19-23-50)37-100-70(99)84(32-28-61(91)92)33-34-101-74-41-71(4)38-72(5,42-74)40-73(39-71,43-74)44-87-46(3)52(36-77-87)51-24-25-53(79-63(51)66(95)96)49-21-20-48-13-12-31-85(56(48)35-49)69(98)83-68-81-54-14-8-9-16-57(54)102-68/h8-9,14,16,18-27,35-36,45,55,62H,6-7,10-13,15,17,28-34,37-44H2,1-5H3,(H,78,93)(H,80,94)(H,82,88)(H,91,92)(H,95,96)(H3,75,76,97)(H,81,83,98)/t55-,62-,71+,72?,73?,74?/m0/s1. The number of primary amides is 1. The van der Waals surface area contributed by atoms with E-state index < -0.39 is 53.6 Å². The molecule has 6 aromatic rings. The number of carbonyl (C=O) groups excluding carboxylic acids is 8. The molecule has 9 N–H and O–H groups in total. The van der Waals surface area contributed by atoms with Gasteiger partial charge >= 0.3 is 30.1 Å². The third-order valence-corrected chi connectivity index (χ3v) is 21.1. The lowest BCUT2D eigenvalue weighted by Crippen LogP contribution is -2.64. The minimum Gasteiger partial charge on any atom is -0.481 e. The van der Waals surface area contributed by atoms with Crippen molar-refractivity contribution < 1.29 is 67.6 Å². The highest BCUT2D eigenvalue weighted by molar-refractivity contribution is 7.22. The lowest BCUT2D eigenvalue weighted by molar-refractivity contribution is -0.248. The number of amides is 10. The monoisotopic (exact) mass is 1420 g/mol. The summed E-state index contributed by atoms with van der Waals surface area (Å²) >= 11 is 1.40. The molecule has 0 saturated heterocycles. The quantitative estimate of drug-likeness (QED) is 0.0148. The van der Waals surface area contributed by atoms with Crippen LogP contribution in [0.4, 0.5) is 30.9 Å². The van der Waals surface area contributed by atoms with Gasteiger partial charge in [-0.05, 0) is 160 Å². The second-order valence-electron chi connectivity index (χ2n) is 29.1. The zero-order valence-electron chi connectivity index (χ0n) is 58.1. The number of unbranched alkanes of at least 4 members (excludes halogenated alkanes) is 2. The first kappa shape index (κ1) is 73.1. The van der Waals surface area contributed by atoms with E-state index in [-0.39, 0.29) is 117 Å². The summed E-state index contributed by atoms with van der Waals surface area (Å²) in [7, 11) is 0. The smallest absolute Gasteiger partial charge is 0.410 e. The number of carboxylic acid groups (broad SMARTS) is 2. The van der Waals surface area contributed by atoms with Gasteiger partial charge in [0, 0.05) is 91.6 Å². The first-order valence-electron chi connectivity index (χ1n) is 34.9. The Kier molecular flexibility index (Phi) is 22.2. The van der Waals surface area contributed by atoms with Gasteiger partial charge in [0.2, 0.25) is 17.7 Å². The zero-order chi connectivity index (χ0) is 72.7. The van der Waals surface area contributed by atoms with Crippen molar-refractivity contribution in [1.29, 1.82) is 0 Å². The first-order valence-corrected chi connectivity index (χ1v) is 35.7. The van der Waals surface area contributed by atoms with E-state index in [0.29, 0.717) is 71.1 Å². The predicted molar refractivity (Wildman–Crippen MR) is 381 cm³/mol. The number of aromatic nitrogens is 4. The van der Waals surface area contributed by atoms with Crippen LogP contribution >= 0.6 is 11.3 Å². The normalized spacial score (nSPS) is 20.8. The molecule has 27 nitrogen and oxygen atoms in total. The number of imide groups is 1. The van der Waals surface area contributed by atoms with Crippen molar-refractivity contribution >= 4 is 97.7 Å².